The number of carbonyl (C=O) groups is 1. The van der Waals surface area contributed by atoms with E-state index in [1.165, 1.54) is 17.0 Å². The molecule has 0 saturated carbocycles. The minimum atomic E-state index is -0.912. The largest absolute Gasteiger partial charge is 0.465 e. The predicted molar refractivity (Wildman–Crippen MR) is 69.9 cm³/mol. The monoisotopic (exact) mass is 275 g/mol. The quantitative estimate of drug-likeness (QED) is 0.913. The van der Waals surface area contributed by atoms with E-state index in [-0.39, 0.29) is 5.82 Å². The van der Waals surface area contributed by atoms with Gasteiger partial charge in [0.1, 0.15) is 5.82 Å². The Morgan fingerprint density at radius 1 is 1.35 bits per heavy atom. The number of rotatable bonds is 2. The maximum Gasteiger partial charge on any atom is 0.407 e. The molecule has 0 saturated heterocycles. The average molecular weight is 275 g/mol. The number of aromatic nitrogens is 2. The summed E-state index contributed by atoms with van der Waals surface area (Å²) in [5.74, 6) is -0.270. The lowest BCUT2D eigenvalue weighted by Gasteiger charge is -2.25. The van der Waals surface area contributed by atoms with Gasteiger partial charge in [-0.25, -0.2) is 9.18 Å². The van der Waals surface area contributed by atoms with Gasteiger partial charge >= 0.3 is 6.09 Å². The Bertz CT molecular complexity index is 636. The topological polar surface area (TPSA) is 58.4 Å². The minimum absolute atomic E-state index is 0.270. The molecule has 1 N–H and O–H groups in total. The molecule has 6 heteroatoms. The first-order valence-electron chi connectivity index (χ1n) is 6.39. The standard InChI is InChI=1S/C14H14FN3O2/c15-12-3-1-10(2-4-12)8-18-13-9-17(14(19)20)6-5-11(13)7-16-18/h1-4,7H,5-6,8-9H2,(H,19,20). The van der Waals surface area contributed by atoms with E-state index in [9.17, 15) is 9.18 Å². The van der Waals surface area contributed by atoms with Crippen LogP contribution in [0.3, 0.4) is 0 Å². The third-order valence-corrected chi connectivity index (χ3v) is 3.54. The van der Waals surface area contributed by atoms with Crippen molar-refractivity contribution >= 4 is 6.09 Å². The Balaban J connectivity index is 1.83. The van der Waals surface area contributed by atoms with Crippen molar-refractivity contribution in [1.29, 1.82) is 0 Å². The Morgan fingerprint density at radius 2 is 2.10 bits per heavy atom. The molecule has 1 aliphatic heterocycles. The van der Waals surface area contributed by atoms with E-state index in [4.69, 9.17) is 5.11 Å². The van der Waals surface area contributed by atoms with Gasteiger partial charge in [0.15, 0.2) is 0 Å². The molecule has 5 nitrogen and oxygen atoms in total. The van der Waals surface area contributed by atoms with Gasteiger partial charge in [0.2, 0.25) is 0 Å². The summed E-state index contributed by atoms with van der Waals surface area (Å²) in [6.07, 6.45) is 1.56. The molecule has 2 heterocycles. The lowest BCUT2D eigenvalue weighted by Crippen LogP contribution is -2.35. The summed E-state index contributed by atoms with van der Waals surface area (Å²) >= 11 is 0. The van der Waals surface area contributed by atoms with Crippen LogP contribution in [0.25, 0.3) is 0 Å². The second kappa shape index (κ2) is 4.96. The van der Waals surface area contributed by atoms with Gasteiger partial charge in [-0.05, 0) is 29.7 Å². The van der Waals surface area contributed by atoms with Crippen LogP contribution < -0.4 is 0 Å². The molecule has 0 spiro atoms. The number of nitrogens with zero attached hydrogens (tertiary/aromatic N) is 3. The van der Waals surface area contributed by atoms with E-state index in [0.29, 0.717) is 26.1 Å². The molecule has 20 heavy (non-hydrogen) atoms. The smallest absolute Gasteiger partial charge is 0.407 e. The number of benzene rings is 1. The van der Waals surface area contributed by atoms with Crippen molar-refractivity contribution < 1.29 is 14.3 Å². The second-order valence-corrected chi connectivity index (χ2v) is 4.85. The van der Waals surface area contributed by atoms with Crippen LogP contribution in [-0.4, -0.2) is 32.4 Å². The molecule has 1 amide bonds. The fourth-order valence-electron chi connectivity index (χ4n) is 2.42. The van der Waals surface area contributed by atoms with Gasteiger partial charge in [0.25, 0.3) is 0 Å². The maximum atomic E-state index is 12.9. The molecule has 0 aliphatic carbocycles. The summed E-state index contributed by atoms with van der Waals surface area (Å²) in [4.78, 5) is 12.4. The van der Waals surface area contributed by atoms with Crippen LogP contribution in [0.15, 0.2) is 30.5 Å². The first-order valence-corrected chi connectivity index (χ1v) is 6.39. The number of fused-ring (bicyclic) bond motifs is 1. The average Bonchev–Trinajstić information content (AvgIpc) is 2.84. The van der Waals surface area contributed by atoms with Crippen molar-refractivity contribution in [1.82, 2.24) is 14.7 Å². The van der Waals surface area contributed by atoms with Crippen LogP contribution in [0.1, 0.15) is 16.8 Å². The van der Waals surface area contributed by atoms with Gasteiger partial charge < -0.3 is 10.0 Å². The molecule has 0 radical (unpaired) electrons. The first kappa shape index (κ1) is 12.7. The van der Waals surface area contributed by atoms with Crippen LogP contribution in [0.2, 0.25) is 0 Å². The van der Waals surface area contributed by atoms with E-state index in [1.54, 1.807) is 23.0 Å². The number of halogens is 1. The third kappa shape index (κ3) is 2.36. The van der Waals surface area contributed by atoms with Crippen LogP contribution in [0, 0.1) is 5.82 Å². The summed E-state index contributed by atoms with van der Waals surface area (Å²) < 4.78 is 14.7. The van der Waals surface area contributed by atoms with Crippen molar-refractivity contribution in [3.63, 3.8) is 0 Å². The molecule has 1 aliphatic rings. The van der Waals surface area contributed by atoms with Crippen LogP contribution in [-0.2, 0) is 19.5 Å². The first-order chi connectivity index (χ1) is 9.63. The Hall–Kier alpha value is -2.37. The van der Waals surface area contributed by atoms with Gasteiger partial charge in [-0.1, -0.05) is 12.1 Å². The number of hydrogen-bond donors (Lipinski definition) is 1. The summed E-state index contributed by atoms with van der Waals surface area (Å²) in [6.45, 7) is 1.37. The van der Waals surface area contributed by atoms with Gasteiger partial charge in [-0.2, -0.15) is 5.10 Å². The van der Waals surface area contributed by atoms with E-state index in [1.807, 2.05) is 0 Å². The fourth-order valence-corrected chi connectivity index (χ4v) is 2.42. The van der Waals surface area contributed by atoms with E-state index >= 15 is 0 Å². The molecule has 1 aromatic carbocycles. The zero-order chi connectivity index (χ0) is 14.1. The highest BCUT2D eigenvalue weighted by Gasteiger charge is 2.23. The van der Waals surface area contributed by atoms with Gasteiger partial charge in [0.05, 0.1) is 25.0 Å². The van der Waals surface area contributed by atoms with Gasteiger partial charge in [0, 0.05) is 6.54 Å². The maximum absolute atomic E-state index is 12.9. The summed E-state index contributed by atoms with van der Waals surface area (Å²) in [7, 11) is 0. The molecule has 104 valence electrons. The Morgan fingerprint density at radius 3 is 2.80 bits per heavy atom. The highest BCUT2D eigenvalue weighted by atomic mass is 19.1. The van der Waals surface area contributed by atoms with Crippen molar-refractivity contribution in [2.75, 3.05) is 6.54 Å². The molecule has 0 atom stereocenters. The van der Waals surface area contributed by atoms with Gasteiger partial charge in [-0.3, -0.25) is 4.68 Å². The number of carboxylic acid groups (broad SMARTS) is 1. The fraction of sp³-hybridized carbons (Fsp3) is 0.286. The van der Waals surface area contributed by atoms with E-state index in [2.05, 4.69) is 5.10 Å². The highest BCUT2D eigenvalue weighted by molar-refractivity contribution is 5.65. The normalized spacial score (nSPS) is 14.2. The van der Waals surface area contributed by atoms with Crippen LogP contribution in [0.5, 0.6) is 0 Å². The molecule has 1 aromatic heterocycles. The Kier molecular flexibility index (Phi) is 3.14. The molecule has 3 rings (SSSR count). The number of hydrogen-bond acceptors (Lipinski definition) is 2. The lowest BCUT2D eigenvalue weighted by molar-refractivity contribution is 0.138. The summed E-state index contributed by atoms with van der Waals surface area (Å²) in [6, 6.07) is 6.24. The summed E-state index contributed by atoms with van der Waals surface area (Å²) in [5.41, 5.74) is 2.94. The number of amides is 1. The molecule has 0 unspecified atom stereocenters. The molecular formula is C14H14FN3O2. The zero-order valence-electron chi connectivity index (χ0n) is 10.8. The van der Waals surface area contributed by atoms with Crippen molar-refractivity contribution in [3.05, 3.63) is 53.1 Å². The van der Waals surface area contributed by atoms with Crippen molar-refractivity contribution in [2.24, 2.45) is 0 Å². The van der Waals surface area contributed by atoms with Gasteiger partial charge in [-0.15, -0.1) is 0 Å². The Labute approximate surface area is 115 Å². The SMILES string of the molecule is O=C(O)N1CCc2cnn(Cc3ccc(F)cc3)c2C1. The second-order valence-electron chi connectivity index (χ2n) is 4.85. The third-order valence-electron chi connectivity index (χ3n) is 3.54. The molecule has 2 aromatic rings. The molecule has 0 bridgehead atoms. The van der Waals surface area contributed by atoms with Crippen LogP contribution >= 0.6 is 0 Å². The van der Waals surface area contributed by atoms with E-state index in [0.717, 1.165) is 16.8 Å². The summed E-state index contributed by atoms with van der Waals surface area (Å²) in [5, 5.41) is 13.4. The lowest BCUT2D eigenvalue weighted by atomic mass is 10.1. The van der Waals surface area contributed by atoms with Crippen molar-refractivity contribution in [3.8, 4) is 0 Å². The zero-order valence-corrected chi connectivity index (χ0v) is 10.8. The minimum Gasteiger partial charge on any atom is -0.465 e. The molecular weight excluding hydrogens is 261 g/mol. The van der Waals surface area contributed by atoms with E-state index < -0.39 is 6.09 Å². The highest BCUT2D eigenvalue weighted by Crippen LogP contribution is 2.19. The predicted octanol–water partition coefficient (Wildman–Crippen LogP) is 2.11. The van der Waals surface area contributed by atoms with Crippen LogP contribution in [0.4, 0.5) is 9.18 Å². The molecule has 0 fully saturated rings. The van der Waals surface area contributed by atoms with Crippen molar-refractivity contribution in [2.45, 2.75) is 19.5 Å².